The van der Waals surface area contributed by atoms with Crippen LogP contribution in [0.25, 0.3) is 0 Å². The molecule has 8 heteroatoms. The van der Waals surface area contributed by atoms with E-state index in [0.717, 1.165) is 0 Å². The van der Waals surface area contributed by atoms with E-state index in [1.807, 2.05) is 13.8 Å². The van der Waals surface area contributed by atoms with Gasteiger partial charge >= 0.3 is 0 Å². The molecule has 0 unspecified atom stereocenters. The van der Waals surface area contributed by atoms with Crippen molar-refractivity contribution in [2.24, 2.45) is 5.92 Å². The molecule has 0 radical (unpaired) electrons. The number of ether oxygens (including phenoxy) is 2. The van der Waals surface area contributed by atoms with Crippen LogP contribution in [0.2, 0.25) is 5.02 Å². The molecular formula is C24H28ClFN2O4. The maximum atomic E-state index is 13.0. The zero-order valence-corrected chi connectivity index (χ0v) is 19.2. The van der Waals surface area contributed by atoms with E-state index in [1.54, 1.807) is 17.0 Å². The summed E-state index contributed by atoms with van der Waals surface area (Å²) in [6.07, 6.45) is 1.25. The van der Waals surface area contributed by atoms with E-state index in [9.17, 15) is 14.0 Å². The predicted octanol–water partition coefficient (Wildman–Crippen LogP) is 4.56. The predicted molar refractivity (Wildman–Crippen MR) is 121 cm³/mol. The zero-order chi connectivity index (χ0) is 23.3. The Morgan fingerprint density at radius 1 is 1.16 bits per heavy atom. The van der Waals surface area contributed by atoms with Gasteiger partial charge in [-0.25, -0.2) is 4.39 Å². The quantitative estimate of drug-likeness (QED) is 0.655. The van der Waals surface area contributed by atoms with Crippen molar-refractivity contribution < 1.29 is 23.5 Å². The van der Waals surface area contributed by atoms with Crippen molar-refractivity contribution in [1.29, 1.82) is 0 Å². The standard InChI is InChI=1S/C24H28ClFN2O4/c1-15(2)14-32-22-20(25)12-17(13-21(22)31-3)24(30)28-10-8-19(9-11-28)27-23(29)16-4-6-18(26)7-5-16/h4-7,12-13,15,19H,8-11,14H2,1-3H3,(H,27,29). The van der Waals surface area contributed by atoms with Crippen LogP contribution in [0, 0.1) is 11.7 Å². The van der Waals surface area contributed by atoms with E-state index >= 15 is 0 Å². The highest BCUT2D eigenvalue weighted by molar-refractivity contribution is 6.32. The molecule has 172 valence electrons. The number of hydrogen-bond donors (Lipinski definition) is 1. The third-order valence-corrected chi connectivity index (χ3v) is 5.54. The molecule has 2 amide bonds. The fourth-order valence-corrected chi connectivity index (χ4v) is 3.78. The van der Waals surface area contributed by atoms with E-state index in [-0.39, 0.29) is 23.7 Å². The molecule has 0 saturated carbocycles. The topological polar surface area (TPSA) is 67.9 Å². The largest absolute Gasteiger partial charge is 0.493 e. The van der Waals surface area contributed by atoms with E-state index in [1.165, 1.54) is 31.4 Å². The van der Waals surface area contributed by atoms with Crippen molar-refractivity contribution in [3.63, 3.8) is 0 Å². The summed E-state index contributed by atoms with van der Waals surface area (Å²) in [7, 11) is 1.51. The molecule has 1 fully saturated rings. The lowest BCUT2D eigenvalue weighted by atomic mass is 10.0. The number of hydrogen-bond acceptors (Lipinski definition) is 4. The number of nitrogens with one attached hydrogen (secondary N) is 1. The van der Waals surface area contributed by atoms with Crippen LogP contribution in [-0.2, 0) is 0 Å². The van der Waals surface area contributed by atoms with Crippen LogP contribution in [-0.4, -0.2) is 49.6 Å². The second-order valence-corrected chi connectivity index (χ2v) is 8.65. The first-order chi connectivity index (χ1) is 15.3. The van der Waals surface area contributed by atoms with Crippen LogP contribution in [0.3, 0.4) is 0 Å². The van der Waals surface area contributed by atoms with Gasteiger partial charge in [0.05, 0.1) is 18.7 Å². The molecular weight excluding hydrogens is 435 g/mol. The highest BCUT2D eigenvalue weighted by atomic mass is 35.5. The Balaban J connectivity index is 1.60. The van der Waals surface area contributed by atoms with Crippen LogP contribution in [0.4, 0.5) is 4.39 Å². The average Bonchev–Trinajstić information content (AvgIpc) is 2.78. The van der Waals surface area contributed by atoms with Gasteiger partial charge in [-0.2, -0.15) is 0 Å². The maximum Gasteiger partial charge on any atom is 0.254 e. The number of likely N-dealkylation sites (tertiary alicyclic amines) is 1. The van der Waals surface area contributed by atoms with Gasteiger partial charge in [-0.15, -0.1) is 0 Å². The summed E-state index contributed by atoms with van der Waals surface area (Å²) < 4.78 is 24.2. The molecule has 1 aliphatic rings. The van der Waals surface area contributed by atoms with E-state index in [2.05, 4.69) is 5.32 Å². The molecule has 2 aromatic carbocycles. The van der Waals surface area contributed by atoms with Gasteiger partial charge in [0, 0.05) is 30.3 Å². The molecule has 0 spiro atoms. The Bertz CT molecular complexity index is 957. The first-order valence-electron chi connectivity index (χ1n) is 10.6. The first-order valence-corrected chi connectivity index (χ1v) is 11.0. The summed E-state index contributed by atoms with van der Waals surface area (Å²) >= 11 is 6.38. The minimum Gasteiger partial charge on any atom is -0.493 e. The fourth-order valence-electron chi connectivity index (χ4n) is 3.51. The lowest BCUT2D eigenvalue weighted by Crippen LogP contribution is -2.46. The van der Waals surface area contributed by atoms with E-state index < -0.39 is 0 Å². The number of rotatable bonds is 7. The average molecular weight is 463 g/mol. The normalized spacial score (nSPS) is 14.4. The van der Waals surface area contributed by atoms with Gasteiger partial charge in [0.2, 0.25) is 0 Å². The number of benzene rings is 2. The van der Waals surface area contributed by atoms with Gasteiger partial charge in [-0.1, -0.05) is 25.4 Å². The minimum atomic E-state index is -0.385. The second kappa shape index (κ2) is 10.7. The summed E-state index contributed by atoms with van der Waals surface area (Å²) in [5.41, 5.74) is 0.837. The molecule has 0 atom stereocenters. The Labute approximate surface area is 192 Å². The molecule has 3 rings (SSSR count). The molecule has 32 heavy (non-hydrogen) atoms. The number of carbonyl (C=O) groups excluding carboxylic acids is 2. The molecule has 0 bridgehead atoms. The van der Waals surface area contributed by atoms with Gasteiger partial charge in [-0.05, 0) is 55.2 Å². The number of piperidine rings is 1. The van der Waals surface area contributed by atoms with Crippen molar-refractivity contribution in [3.8, 4) is 11.5 Å². The number of carbonyl (C=O) groups is 2. The van der Waals surface area contributed by atoms with Gasteiger partial charge in [0.1, 0.15) is 5.82 Å². The number of halogens is 2. The van der Waals surface area contributed by atoms with E-state index in [0.29, 0.717) is 66.1 Å². The van der Waals surface area contributed by atoms with Gasteiger partial charge in [-0.3, -0.25) is 9.59 Å². The molecule has 2 aromatic rings. The first kappa shape index (κ1) is 23.9. The summed E-state index contributed by atoms with van der Waals surface area (Å²) in [5, 5.41) is 3.28. The summed E-state index contributed by atoms with van der Waals surface area (Å²) in [4.78, 5) is 27.1. The SMILES string of the molecule is COc1cc(C(=O)N2CCC(NC(=O)c3ccc(F)cc3)CC2)cc(Cl)c1OCC(C)C. The van der Waals surface area contributed by atoms with Crippen LogP contribution in [0.1, 0.15) is 47.4 Å². The maximum absolute atomic E-state index is 13.0. The molecule has 0 aromatic heterocycles. The second-order valence-electron chi connectivity index (χ2n) is 8.24. The van der Waals surface area contributed by atoms with Gasteiger partial charge < -0.3 is 19.7 Å². The zero-order valence-electron chi connectivity index (χ0n) is 18.5. The lowest BCUT2D eigenvalue weighted by molar-refractivity contribution is 0.0697. The highest BCUT2D eigenvalue weighted by Crippen LogP contribution is 2.37. The van der Waals surface area contributed by atoms with Crippen LogP contribution >= 0.6 is 11.6 Å². The monoisotopic (exact) mass is 462 g/mol. The summed E-state index contributed by atoms with van der Waals surface area (Å²) in [6, 6.07) is 8.62. The van der Waals surface area contributed by atoms with Crippen LogP contribution in [0.15, 0.2) is 36.4 Å². The third kappa shape index (κ3) is 5.91. The Morgan fingerprint density at radius 2 is 1.81 bits per heavy atom. The molecule has 1 aliphatic heterocycles. The summed E-state index contributed by atoms with van der Waals surface area (Å²) in [5.74, 6) is 0.392. The van der Waals surface area contributed by atoms with Gasteiger partial charge in [0.15, 0.2) is 11.5 Å². The fraction of sp³-hybridized carbons (Fsp3) is 0.417. The lowest BCUT2D eigenvalue weighted by Gasteiger charge is -2.32. The Kier molecular flexibility index (Phi) is 7.96. The van der Waals surface area contributed by atoms with Crippen molar-refractivity contribution in [2.75, 3.05) is 26.8 Å². The van der Waals surface area contributed by atoms with Crippen molar-refractivity contribution in [3.05, 3.63) is 58.4 Å². The third-order valence-electron chi connectivity index (χ3n) is 5.26. The number of amides is 2. The molecule has 6 nitrogen and oxygen atoms in total. The summed E-state index contributed by atoms with van der Waals surface area (Å²) in [6.45, 7) is 5.55. The van der Waals surface area contributed by atoms with Crippen LogP contribution < -0.4 is 14.8 Å². The molecule has 1 saturated heterocycles. The number of methoxy groups -OCH3 is 1. The van der Waals surface area contributed by atoms with Crippen molar-refractivity contribution >= 4 is 23.4 Å². The van der Waals surface area contributed by atoms with Crippen LogP contribution in [0.5, 0.6) is 11.5 Å². The van der Waals surface area contributed by atoms with Gasteiger partial charge in [0.25, 0.3) is 11.8 Å². The van der Waals surface area contributed by atoms with Crippen molar-refractivity contribution in [1.82, 2.24) is 10.2 Å². The molecule has 1 N–H and O–H groups in total. The minimum absolute atomic E-state index is 0.0541. The van der Waals surface area contributed by atoms with E-state index in [4.69, 9.17) is 21.1 Å². The number of nitrogens with zero attached hydrogens (tertiary/aromatic N) is 1. The smallest absolute Gasteiger partial charge is 0.254 e. The van der Waals surface area contributed by atoms with Crippen molar-refractivity contribution in [2.45, 2.75) is 32.7 Å². The Hall–Kier alpha value is -2.80. The molecule has 1 heterocycles. The Morgan fingerprint density at radius 3 is 2.41 bits per heavy atom. The molecule has 0 aliphatic carbocycles. The highest BCUT2D eigenvalue weighted by Gasteiger charge is 2.26.